The number of allylic oxidation sites excluding steroid dienone is 2. The molecule has 0 saturated carbocycles. The Hall–Kier alpha value is -0.370. The number of nitrogens with one attached hydrogen (secondary N) is 1. The Balaban J connectivity index is 1.92. The van der Waals surface area contributed by atoms with Crippen molar-refractivity contribution in [3.63, 3.8) is 0 Å². The van der Waals surface area contributed by atoms with Crippen LogP contribution in [0, 0.1) is 5.92 Å². The van der Waals surface area contributed by atoms with Crippen molar-refractivity contribution in [2.45, 2.75) is 57.5 Å². The van der Waals surface area contributed by atoms with Crippen LogP contribution in [0.5, 0.6) is 0 Å². The van der Waals surface area contributed by atoms with E-state index >= 15 is 0 Å². The third-order valence-corrected chi connectivity index (χ3v) is 3.93. The number of hydrogen-bond donors (Lipinski definition) is 1. The molecule has 2 heteroatoms. The summed E-state index contributed by atoms with van der Waals surface area (Å²) in [5.41, 5.74) is 1.10. The van der Waals surface area contributed by atoms with Gasteiger partial charge >= 0.3 is 0 Å². The van der Waals surface area contributed by atoms with E-state index in [9.17, 15) is 4.39 Å². The molecule has 2 atom stereocenters. The van der Waals surface area contributed by atoms with Crippen LogP contribution in [-0.2, 0) is 0 Å². The Labute approximate surface area is 98.5 Å². The van der Waals surface area contributed by atoms with Gasteiger partial charge in [-0.3, -0.25) is 0 Å². The van der Waals surface area contributed by atoms with Gasteiger partial charge in [-0.2, -0.15) is 0 Å². The molecule has 0 aromatic carbocycles. The molecular formula is C14H24FN. The highest BCUT2D eigenvalue weighted by molar-refractivity contribution is 5.11. The molecule has 0 aromatic heterocycles. The van der Waals surface area contributed by atoms with E-state index in [4.69, 9.17) is 0 Å². The second kappa shape index (κ2) is 6.39. The number of alkyl halides is 1. The van der Waals surface area contributed by atoms with Crippen molar-refractivity contribution in [1.82, 2.24) is 5.32 Å². The second-order valence-corrected chi connectivity index (χ2v) is 5.24. The van der Waals surface area contributed by atoms with E-state index < -0.39 is 6.17 Å². The van der Waals surface area contributed by atoms with Crippen LogP contribution in [0.3, 0.4) is 0 Å². The van der Waals surface area contributed by atoms with Crippen LogP contribution in [0.1, 0.15) is 51.4 Å². The van der Waals surface area contributed by atoms with E-state index in [1.54, 1.807) is 0 Å². The summed E-state index contributed by atoms with van der Waals surface area (Å²) in [6.07, 6.45) is 10.9. The largest absolute Gasteiger partial charge is 0.316 e. The molecule has 2 aliphatic rings. The Morgan fingerprint density at radius 1 is 1.19 bits per heavy atom. The molecule has 1 saturated heterocycles. The number of piperidine rings is 1. The maximum absolute atomic E-state index is 14.4. The van der Waals surface area contributed by atoms with Crippen LogP contribution in [0.4, 0.5) is 4.39 Å². The summed E-state index contributed by atoms with van der Waals surface area (Å²) in [4.78, 5) is 0. The van der Waals surface area contributed by atoms with Gasteiger partial charge in [-0.05, 0) is 50.6 Å². The zero-order valence-electron chi connectivity index (χ0n) is 10.2. The van der Waals surface area contributed by atoms with Crippen LogP contribution in [0.25, 0.3) is 0 Å². The van der Waals surface area contributed by atoms with E-state index in [1.165, 1.54) is 25.7 Å². The fourth-order valence-corrected chi connectivity index (χ4v) is 2.90. The molecule has 2 rings (SSSR count). The van der Waals surface area contributed by atoms with Crippen molar-refractivity contribution >= 4 is 0 Å². The maximum atomic E-state index is 14.4. The first-order valence-corrected chi connectivity index (χ1v) is 6.91. The number of rotatable bonds is 2. The zero-order valence-corrected chi connectivity index (χ0v) is 10.2. The van der Waals surface area contributed by atoms with Crippen LogP contribution in [0.2, 0.25) is 0 Å². The topological polar surface area (TPSA) is 12.0 Å². The molecule has 2 unspecified atom stereocenters. The second-order valence-electron chi connectivity index (χ2n) is 5.24. The van der Waals surface area contributed by atoms with Gasteiger partial charge in [-0.25, -0.2) is 4.39 Å². The standard InChI is InChI=1S/C14H24FN/c15-14(13-9-6-10-16-11-13)12-7-4-2-1-3-5-8-12/h7,13-14,16H,1-6,8-11H2. The van der Waals surface area contributed by atoms with E-state index in [2.05, 4.69) is 11.4 Å². The summed E-state index contributed by atoms with van der Waals surface area (Å²) in [6, 6.07) is 0. The quantitative estimate of drug-likeness (QED) is 0.708. The Kier molecular flexibility index (Phi) is 4.83. The van der Waals surface area contributed by atoms with Gasteiger partial charge in [-0.1, -0.05) is 18.9 Å². The highest BCUT2D eigenvalue weighted by Crippen LogP contribution is 2.28. The van der Waals surface area contributed by atoms with Gasteiger partial charge in [0.05, 0.1) is 0 Å². The van der Waals surface area contributed by atoms with Crippen LogP contribution in [0.15, 0.2) is 11.6 Å². The third-order valence-electron chi connectivity index (χ3n) is 3.93. The van der Waals surface area contributed by atoms with Crippen molar-refractivity contribution < 1.29 is 4.39 Å². The van der Waals surface area contributed by atoms with Crippen LogP contribution < -0.4 is 5.32 Å². The lowest BCUT2D eigenvalue weighted by Crippen LogP contribution is -2.35. The third kappa shape index (κ3) is 3.31. The molecule has 0 aromatic rings. The average molecular weight is 225 g/mol. The van der Waals surface area contributed by atoms with Crippen molar-refractivity contribution in [2.75, 3.05) is 13.1 Å². The molecule has 1 heterocycles. The van der Waals surface area contributed by atoms with Gasteiger partial charge < -0.3 is 5.32 Å². The molecule has 92 valence electrons. The van der Waals surface area contributed by atoms with Gasteiger partial charge in [0.2, 0.25) is 0 Å². The predicted molar refractivity (Wildman–Crippen MR) is 66.3 cm³/mol. The predicted octanol–water partition coefficient (Wildman–Crippen LogP) is 3.60. The van der Waals surface area contributed by atoms with Crippen LogP contribution in [-0.4, -0.2) is 19.3 Å². The Morgan fingerprint density at radius 3 is 2.88 bits per heavy atom. The lowest BCUT2D eigenvalue weighted by atomic mass is 9.86. The monoisotopic (exact) mass is 225 g/mol. The molecule has 0 amide bonds. The van der Waals surface area contributed by atoms with Gasteiger partial charge in [0.15, 0.2) is 0 Å². The molecule has 1 aliphatic carbocycles. The molecule has 1 nitrogen and oxygen atoms in total. The summed E-state index contributed by atoms with van der Waals surface area (Å²) in [7, 11) is 0. The first-order chi connectivity index (χ1) is 7.88. The van der Waals surface area contributed by atoms with Crippen molar-refractivity contribution in [2.24, 2.45) is 5.92 Å². The lowest BCUT2D eigenvalue weighted by Gasteiger charge is -2.28. The highest BCUT2D eigenvalue weighted by atomic mass is 19.1. The fraction of sp³-hybridized carbons (Fsp3) is 0.857. The van der Waals surface area contributed by atoms with Gasteiger partial charge in [0.1, 0.15) is 6.17 Å². The van der Waals surface area contributed by atoms with Crippen molar-refractivity contribution in [3.8, 4) is 0 Å². The summed E-state index contributed by atoms with van der Waals surface area (Å²) in [5.74, 6) is 0.236. The van der Waals surface area contributed by atoms with Gasteiger partial charge in [0, 0.05) is 12.5 Å². The molecule has 1 N–H and O–H groups in total. The molecule has 1 fully saturated rings. The molecule has 0 bridgehead atoms. The Morgan fingerprint density at radius 2 is 2.06 bits per heavy atom. The first-order valence-electron chi connectivity index (χ1n) is 6.91. The highest BCUT2D eigenvalue weighted by Gasteiger charge is 2.26. The minimum Gasteiger partial charge on any atom is -0.316 e. The summed E-state index contributed by atoms with van der Waals surface area (Å²) < 4.78 is 14.4. The van der Waals surface area contributed by atoms with E-state index in [1.807, 2.05) is 0 Å². The minimum absolute atomic E-state index is 0.236. The van der Waals surface area contributed by atoms with Crippen LogP contribution >= 0.6 is 0 Å². The molecule has 16 heavy (non-hydrogen) atoms. The van der Waals surface area contributed by atoms with E-state index in [-0.39, 0.29) is 5.92 Å². The zero-order chi connectivity index (χ0) is 11.2. The average Bonchev–Trinajstić information content (AvgIpc) is 2.29. The van der Waals surface area contributed by atoms with Crippen molar-refractivity contribution in [3.05, 3.63) is 11.6 Å². The van der Waals surface area contributed by atoms with E-state index in [0.29, 0.717) is 0 Å². The summed E-state index contributed by atoms with van der Waals surface area (Å²) >= 11 is 0. The van der Waals surface area contributed by atoms with Gasteiger partial charge in [0.25, 0.3) is 0 Å². The minimum atomic E-state index is -0.675. The van der Waals surface area contributed by atoms with E-state index in [0.717, 1.165) is 44.3 Å². The summed E-state index contributed by atoms with van der Waals surface area (Å²) in [6.45, 7) is 1.95. The summed E-state index contributed by atoms with van der Waals surface area (Å²) in [5, 5.41) is 3.32. The van der Waals surface area contributed by atoms with Crippen molar-refractivity contribution in [1.29, 1.82) is 0 Å². The lowest BCUT2D eigenvalue weighted by molar-refractivity contribution is 0.218. The van der Waals surface area contributed by atoms with Gasteiger partial charge in [-0.15, -0.1) is 0 Å². The Bertz CT molecular complexity index is 231. The number of halogens is 1. The SMILES string of the molecule is FC(C1=CCCCCCC1)C1CCCNC1. The smallest absolute Gasteiger partial charge is 0.125 e. The fourth-order valence-electron chi connectivity index (χ4n) is 2.90. The first kappa shape index (κ1) is 12.1. The molecule has 1 aliphatic heterocycles. The maximum Gasteiger partial charge on any atom is 0.125 e. The normalized spacial score (nSPS) is 30.1. The number of hydrogen-bond acceptors (Lipinski definition) is 1. The molecular weight excluding hydrogens is 201 g/mol. The molecule has 0 radical (unpaired) electrons. The molecule has 0 spiro atoms.